The largest absolute Gasteiger partial charge is 0.497 e. The molecule has 0 saturated heterocycles. The van der Waals surface area contributed by atoms with Crippen molar-refractivity contribution in [2.75, 3.05) is 26.0 Å². The third-order valence-corrected chi connectivity index (χ3v) is 3.53. The van der Waals surface area contributed by atoms with Gasteiger partial charge in [0, 0.05) is 5.69 Å². The van der Waals surface area contributed by atoms with Crippen LogP contribution < -0.4 is 10.1 Å². The predicted molar refractivity (Wildman–Crippen MR) is 92.0 cm³/mol. The van der Waals surface area contributed by atoms with E-state index in [1.54, 1.807) is 31.4 Å². The Kier molecular flexibility index (Phi) is 4.77. The lowest BCUT2D eigenvalue weighted by Gasteiger charge is -2.14. The number of oxazole rings is 1. The van der Waals surface area contributed by atoms with E-state index in [1.165, 1.54) is 0 Å². The highest BCUT2D eigenvalue weighted by Gasteiger charge is 2.11. The van der Waals surface area contributed by atoms with Gasteiger partial charge in [-0.3, -0.25) is 9.69 Å². The number of para-hydroxylation sites is 2. The molecule has 1 amide bonds. The molecule has 0 atom stereocenters. The van der Waals surface area contributed by atoms with Crippen molar-refractivity contribution in [1.29, 1.82) is 0 Å². The molecular formula is C18H19N3O3. The van der Waals surface area contributed by atoms with Crippen molar-refractivity contribution in [1.82, 2.24) is 9.88 Å². The fraction of sp³-hybridized carbons (Fsp3) is 0.222. The Morgan fingerprint density at radius 1 is 1.21 bits per heavy atom. The molecule has 0 saturated carbocycles. The van der Waals surface area contributed by atoms with Crippen molar-refractivity contribution in [2.45, 2.75) is 6.54 Å². The van der Waals surface area contributed by atoms with Crippen molar-refractivity contribution in [3.63, 3.8) is 0 Å². The number of hydrogen-bond donors (Lipinski definition) is 1. The predicted octanol–water partition coefficient (Wildman–Crippen LogP) is 2.91. The fourth-order valence-corrected chi connectivity index (χ4v) is 2.39. The van der Waals surface area contributed by atoms with Crippen LogP contribution in [0, 0.1) is 0 Å². The minimum atomic E-state index is -0.0984. The average molecular weight is 325 g/mol. The number of amides is 1. The van der Waals surface area contributed by atoms with Crippen molar-refractivity contribution < 1.29 is 13.9 Å². The number of carbonyl (C=O) groups is 1. The average Bonchev–Trinajstić information content (AvgIpc) is 2.97. The van der Waals surface area contributed by atoms with Crippen LogP contribution >= 0.6 is 0 Å². The maximum atomic E-state index is 12.1. The first kappa shape index (κ1) is 16.0. The van der Waals surface area contributed by atoms with Crippen LogP contribution in [0.25, 0.3) is 11.1 Å². The van der Waals surface area contributed by atoms with Gasteiger partial charge in [-0.15, -0.1) is 0 Å². The monoisotopic (exact) mass is 325 g/mol. The molecule has 0 aliphatic heterocycles. The molecular weight excluding hydrogens is 306 g/mol. The molecule has 1 aromatic heterocycles. The summed E-state index contributed by atoms with van der Waals surface area (Å²) in [6.45, 7) is 0.704. The van der Waals surface area contributed by atoms with E-state index >= 15 is 0 Å². The zero-order chi connectivity index (χ0) is 16.9. The van der Waals surface area contributed by atoms with E-state index in [9.17, 15) is 4.79 Å². The highest BCUT2D eigenvalue weighted by atomic mass is 16.5. The molecule has 3 aromatic rings. The van der Waals surface area contributed by atoms with Gasteiger partial charge in [-0.05, 0) is 43.4 Å². The Hall–Kier alpha value is -2.86. The van der Waals surface area contributed by atoms with Gasteiger partial charge in [0.2, 0.25) is 11.8 Å². The molecule has 1 heterocycles. The Labute approximate surface area is 140 Å². The van der Waals surface area contributed by atoms with Gasteiger partial charge in [-0.2, -0.15) is 0 Å². The topological polar surface area (TPSA) is 67.6 Å². The van der Waals surface area contributed by atoms with Crippen LogP contribution in [0.15, 0.2) is 52.9 Å². The highest BCUT2D eigenvalue weighted by Crippen LogP contribution is 2.16. The van der Waals surface area contributed by atoms with Gasteiger partial charge in [-0.25, -0.2) is 4.98 Å². The van der Waals surface area contributed by atoms with E-state index < -0.39 is 0 Å². The third kappa shape index (κ3) is 3.91. The van der Waals surface area contributed by atoms with Crippen LogP contribution in [0.2, 0.25) is 0 Å². The van der Waals surface area contributed by atoms with E-state index in [-0.39, 0.29) is 12.5 Å². The van der Waals surface area contributed by atoms with Crippen LogP contribution in [-0.2, 0) is 11.3 Å². The number of hydrogen-bond acceptors (Lipinski definition) is 5. The smallest absolute Gasteiger partial charge is 0.238 e. The maximum Gasteiger partial charge on any atom is 0.238 e. The molecule has 1 N–H and O–H groups in total. The highest BCUT2D eigenvalue weighted by molar-refractivity contribution is 5.92. The zero-order valence-electron chi connectivity index (χ0n) is 13.7. The number of carbonyl (C=O) groups excluding carboxylic acids is 1. The lowest BCUT2D eigenvalue weighted by atomic mass is 10.3. The molecule has 0 unspecified atom stereocenters. The summed E-state index contributed by atoms with van der Waals surface area (Å²) in [5.74, 6) is 1.25. The minimum absolute atomic E-state index is 0.0984. The third-order valence-electron chi connectivity index (χ3n) is 3.53. The lowest BCUT2D eigenvalue weighted by Crippen LogP contribution is -2.29. The normalized spacial score (nSPS) is 11.0. The lowest BCUT2D eigenvalue weighted by molar-refractivity contribution is -0.117. The molecule has 0 aliphatic rings. The van der Waals surface area contributed by atoms with Crippen LogP contribution in [-0.4, -0.2) is 36.5 Å². The number of anilines is 1. The number of nitrogens with one attached hydrogen (secondary N) is 1. The molecule has 0 bridgehead atoms. The molecule has 2 aromatic carbocycles. The van der Waals surface area contributed by atoms with Gasteiger partial charge in [0.05, 0.1) is 20.2 Å². The Morgan fingerprint density at radius 2 is 1.96 bits per heavy atom. The molecule has 24 heavy (non-hydrogen) atoms. The summed E-state index contributed by atoms with van der Waals surface area (Å²) >= 11 is 0. The van der Waals surface area contributed by atoms with Gasteiger partial charge >= 0.3 is 0 Å². The quantitative estimate of drug-likeness (QED) is 0.755. The number of methoxy groups -OCH3 is 1. The summed E-state index contributed by atoms with van der Waals surface area (Å²) in [6, 6.07) is 14.8. The van der Waals surface area contributed by atoms with E-state index in [2.05, 4.69) is 10.3 Å². The number of benzene rings is 2. The SMILES string of the molecule is COc1ccc(NC(=O)CN(C)Cc2nc3ccccc3o2)cc1. The van der Waals surface area contributed by atoms with Crippen molar-refractivity contribution in [3.8, 4) is 5.75 Å². The first-order chi connectivity index (χ1) is 11.6. The van der Waals surface area contributed by atoms with Crippen LogP contribution in [0.3, 0.4) is 0 Å². The molecule has 0 fully saturated rings. The molecule has 6 heteroatoms. The molecule has 6 nitrogen and oxygen atoms in total. The summed E-state index contributed by atoms with van der Waals surface area (Å²) in [7, 11) is 3.46. The maximum absolute atomic E-state index is 12.1. The number of rotatable bonds is 6. The molecule has 0 aliphatic carbocycles. The summed E-state index contributed by atoms with van der Waals surface area (Å²) < 4.78 is 10.8. The van der Waals surface area contributed by atoms with E-state index in [0.717, 1.165) is 22.5 Å². The van der Waals surface area contributed by atoms with Gasteiger partial charge in [-0.1, -0.05) is 12.1 Å². The summed E-state index contributed by atoms with van der Waals surface area (Å²) in [5, 5.41) is 2.85. The Morgan fingerprint density at radius 3 is 2.67 bits per heavy atom. The second-order valence-corrected chi connectivity index (χ2v) is 5.52. The minimum Gasteiger partial charge on any atom is -0.497 e. The van der Waals surface area contributed by atoms with Gasteiger partial charge < -0.3 is 14.5 Å². The first-order valence-electron chi connectivity index (χ1n) is 7.61. The van der Waals surface area contributed by atoms with Gasteiger partial charge in [0.1, 0.15) is 11.3 Å². The Balaban J connectivity index is 1.55. The van der Waals surface area contributed by atoms with Gasteiger partial charge in [0.15, 0.2) is 5.58 Å². The molecule has 0 radical (unpaired) electrons. The second kappa shape index (κ2) is 7.14. The van der Waals surface area contributed by atoms with E-state index in [4.69, 9.17) is 9.15 Å². The number of aromatic nitrogens is 1. The van der Waals surface area contributed by atoms with Crippen molar-refractivity contribution in [2.24, 2.45) is 0 Å². The van der Waals surface area contributed by atoms with Gasteiger partial charge in [0.25, 0.3) is 0 Å². The summed E-state index contributed by atoms with van der Waals surface area (Å²) in [6.07, 6.45) is 0. The molecule has 0 spiro atoms. The van der Waals surface area contributed by atoms with Crippen LogP contribution in [0.5, 0.6) is 5.75 Å². The Bertz CT molecular complexity index is 794. The number of nitrogens with zero attached hydrogens (tertiary/aromatic N) is 2. The van der Waals surface area contributed by atoms with E-state index in [1.807, 2.05) is 36.2 Å². The number of ether oxygens (including phenoxy) is 1. The van der Waals surface area contributed by atoms with Crippen LogP contribution in [0.1, 0.15) is 5.89 Å². The van der Waals surface area contributed by atoms with Crippen LogP contribution in [0.4, 0.5) is 5.69 Å². The first-order valence-corrected chi connectivity index (χ1v) is 7.61. The fourth-order valence-electron chi connectivity index (χ4n) is 2.39. The summed E-state index contributed by atoms with van der Waals surface area (Å²) in [5.41, 5.74) is 2.31. The molecule has 124 valence electrons. The number of likely N-dealkylation sites (N-methyl/N-ethyl adjacent to an activating group) is 1. The second-order valence-electron chi connectivity index (χ2n) is 5.52. The van der Waals surface area contributed by atoms with Crippen molar-refractivity contribution >= 4 is 22.7 Å². The summed E-state index contributed by atoms with van der Waals surface area (Å²) in [4.78, 5) is 18.4. The zero-order valence-corrected chi connectivity index (χ0v) is 13.7. The van der Waals surface area contributed by atoms with E-state index in [0.29, 0.717) is 12.4 Å². The number of fused-ring (bicyclic) bond motifs is 1. The molecule has 3 rings (SSSR count). The van der Waals surface area contributed by atoms with Crippen molar-refractivity contribution in [3.05, 3.63) is 54.4 Å². The standard InChI is InChI=1S/C18H19N3O3/c1-21(12-18-20-15-5-3-4-6-16(15)24-18)11-17(22)19-13-7-9-14(23-2)10-8-13/h3-10H,11-12H2,1-2H3,(H,19,22).